The van der Waals surface area contributed by atoms with Gasteiger partial charge >= 0.3 is 5.69 Å². The third kappa shape index (κ3) is 3.96. The molecule has 2 fully saturated rings. The van der Waals surface area contributed by atoms with Gasteiger partial charge in [0.2, 0.25) is 0 Å². The topological polar surface area (TPSA) is 68.1 Å². The smallest absolute Gasteiger partial charge is 0.314 e. The van der Waals surface area contributed by atoms with Crippen LogP contribution in [-0.4, -0.2) is 67.2 Å². The van der Waals surface area contributed by atoms with Crippen LogP contribution in [0.1, 0.15) is 19.3 Å². The Balaban J connectivity index is 1.49. The second-order valence-electron chi connectivity index (χ2n) is 6.43. The minimum Gasteiger partial charge on any atom is -0.496 e. The quantitative estimate of drug-likeness (QED) is 0.562. The van der Waals surface area contributed by atoms with E-state index >= 15 is 0 Å². The number of nitro groups is 1. The van der Waals surface area contributed by atoms with Gasteiger partial charge in [0, 0.05) is 19.1 Å². The van der Waals surface area contributed by atoms with E-state index in [1.165, 1.54) is 45.5 Å². The summed E-state index contributed by atoms with van der Waals surface area (Å²) in [6.07, 6.45) is 3.85. The van der Waals surface area contributed by atoms with E-state index in [4.69, 9.17) is 9.47 Å². The van der Waals surface area contributed by atoms with E-state index < -0.39 is 4.92 Å². The van der Waals surface area contributed by atoms with Crippen LogP contribution in [0.25, 0.3) is 0 Å². The molecule has 24 heavy (non-hydrogen) atoms. The molecule has 0 aromatic heterocycles. The highest BCUT2D eigenvalue weighted by Crippen LogP contribution is 2.31. The average molecular weight is 335 g/mol. The van der Waals surface area contributed by atoms with Gasteiger partial charge in [0.25, 0.3) is 0 Å². The number of rotatable bonds is 7. The minimum absolute atomic E-state index is 0.0503. The standard InChI is InChI=1S/C17H25N3O4/c1-23-15-4-5-17(16(12-15)20(21)22)24-11-10-18-9-6-14(13-18)19-7-2-3-8-19/h4-5,12,14H,2-3,6-11,13H2,1H3/t14-/m1/s1. The lowest BCUT2D eigenvalue weighted by Gasteiger charge is -2.23. The Morgan fingerprint density at radius 2 is 2.08 bits per heavy atom. The van der Waals surface area contributed by atoms with Crippen LogP contribution in [0.15, 0.2) is 18.2 Å². The highest BCUT2D eigenvalue weighted by molar-refractivity contribution is 5.50. The largest absolute Gasteiger partial charge is 0.496 e. The molecule has 0 spiro atoms. The van der Waals surface area contributed by atoms with Crippen LogP contribution >= 0.6 is 0 Å². The van der Waals surface area contributed by atoms with Gasteiger partial charge in [-0.1, -0.05) is 0 Å². The Morgan fingerprint density at radius 1 is 1.29 bits per heavy atom. The molecule has 2 aliphatic rings. The van der Waals surface area contributed by atoms with Crippen molar-refractivity contribution in [3.05, 3.63) is 28.3 Å². The van der Waals surface area contributed by atoms with Gasteiger partial charge in [0.1, 0.15) is 12.4 Å². The number of nitro benzene ring substituents is 1. The van der Waals surface area contributed by atoms with Crippen molar-refractivity contribution in [1.82, 2.24) is 9.80 Å². The predicted octanol–water partition coefficient (Wildman–Crippen LogP) is 2.15. The first-order valence-corrected chi connectivity index (χ1v) is 8.59. The fourth-order valence-electron chi connectivity index (χ4n) is 3.59. The van der Waals surface area contributed by atoms with E-state index in [1.807, 2.05) is 0 Å². The lowest BCUT2D eigenvalue weighted by molar-refractivity contribution is -0.385. The minimum atomic E-state index is -0.433. The summed E-state index contributed by atoms with van der Waals surface area (Å²) >= 11 is 0. The summed E-state index contributed by atoms with van der Waals surface area (Å²) in [6, 6.07) is 5.35. The van der Waals surface area contributed by atoms with Gasteiger partial charge in [0.05, 0.1) is 18.1 Å². The van der Waals surface area contributed by atoms with Crippen LogP contribution in [0.2, 0.25) is 0 Å². The zero-order valence-corrected chi connectivity index (χ0v) is 14.1. The molecule has 3 rings (SSSR count). The van der Waals surface area contributed by atoms with Crippen molar-refractivity contribution in [3.8, 4) is 11.5 Å². The first-order chi connectivity index (χ1) is 11.7. The van der Waals surface area contributed by atoms with E-state index in [1.54, 1.807) is 12.1 Å². The van der Waals surface area contributed by atoms with E-state index in [0.29, 0.717) is 24.1 Å². The summed E-state index contributed by atoms with van der Waals surface area (Å²) in [5.41, 5.74) is -0.0503. The molecule has 7 heteroatoms. The number of ether oxygens (including phenoxy) is 2. The second-order valence-corrected chi connectivity index (χ2v) is 6.43. The fraction of sp³-hybridized carbons (Fsp3) is 0.647. The summed E-state index contributed by atoms with van der Waals surface area (Å²) in [6.45, 7) is 5.87. The van der Waals surface area contributed by atoms with Crippen LogP contribution in [0.5, 0.6) is 11.5 Å². The summed E-state index contributed by atoms with van der Waals surface area (Å²) in [5, 5.41) is 11.2. The molecule has 0 aliphatic carbocycles. The Hall–Kier alpha value is -1.86. The number of nitrogens with zero attached hydrogens (tertiary/aromatic N) is 3. The molecule has 0 N–H and O–H groups in total. The van der Waals surface area contributed by atoms with Gasteiger partial charge < -0.3 is 9.47 Å². The average Bonchev–Trinajstić information content (AvgIpc) is 3.26. The molecule has 2 aliphatic heterocycles. The van der Waals surface area contributed by atoms with Crippen molar-refractivity contribution in [2.75, 3.05) is 46.4 Å². The third-order valence-corrected chi connectivity index (χ3v) is 4.93. The van der Waals surface area contributed by atoms with Crippen molar-refractivity contribution < 1.29 is 14.4 Å². The Labute approximate surface area is 142 Å². The van der Waals surface area contributed by atoms with Crippen LogP contribution in [0, 0.1) is 10.1 Å². The van der Waals surface area contributed by atoms with Gasteiger partial charge in [-0.2, -0.15) is 0 Å². The van der Waals surface area contributed by atoms with E-state index in [0.717, 1.165) is 19.6 Å². The molecular formula is C17H25N3O4. The van der Waals surface area contributed by atoms with Gasteiger partial charge in [0.15, 0.2) is 5.75 Å². The van der Waals surface area contributed by atoms with Gasteiger partial charge in [-0.3, -0.25) is 19.9 Å². The van der Waals surface area contributed by atoms with Crippen LogP contribution in [0.4, 0.5) is 5.69 Å². The maximum atomic E-state index is 11.2. The molecule has 1 aromatic rings. The van der Waals surface area contributed by atoms with Gasteiger partial charge in [-0.15, -0.1) is 0 Å². The SMILES string of the molecule is COc1ccc(OCCN2CC[C@@H](N3CCCC3)C2)c([N+](=O)[O-])c1. The molecule has 2 heterocycles. The van der Waals surface area contributed by atoms with E-state index in [2.05, 4.69) is 9.80 Å². The fourth-order valence-corrected chi connectivity index (χ4v) is 3.59. The Bertz CT molecular complexity index is 575. The number of benzene rings is 1. The molecular weight excluding hydrogens is 310 g/mol. The molecule has 0 bridgehead atoms. The van der Waals surface area contributed by atoms with Crippen molar-refractivity contribution in [3.63, 3.8) is 0 Å². The number of hydrogen-bond donors (Lipinski definition) is 0. The second kappa shape index (κ2) is 7.81. The molecule has 2 saturated heterocycles. The number of methoxy groups -OCH3 is 1. The van der Waals surface area contributed by atoms with Crippen molar-refractivity contribution >= 4 is 5.69 Å². The third-order valence-electron chi connectivity index (χ3n) is 4.93. The van der Waals surface area contributed by atoms with Gasteiger partial charge in [-0.25, -0.2) is 0 Å². The normalized spacial score (nSPS) is 22.0. The Morgan fingerprint density at radius 3 is 2.79 bits per heavy atom. The lowest BCUT2D eigenvalue weighted by Crippen LogP contribution is -2.36. The molecule has 0 radical (unpaired) electrons. The summed E-state index contributed by atoms with van der Waals surface area (Å²) in [4.78, 5) is 15.7. The first kappa shape index (κ1) is 17.0. The Kier molecular flexibility index (Phi) is 5.52. The maximum absolute atomic E-state index is 11.2. The monoisotopic (exact) mass is 335 g/mol. The lowest BCUT2D eigenvalue weighted by atomic mass is 10.2. The summed E-state index contributed by atoms with van der Waals surface area (Å²) in [7, 11) is 1.49. The highest BCUT2D eigenvalue weighted by atomic mass is 16.6. The van der Waals surface area contributed by atoms with Crippen LogP contribution in [0.3, 0.4) is 0 Å². The number of hydrogen-bond acceptors (Lipinski definition) is 6. The summed E-state index contributed by atoms with van der Waals surface area (Å²) in [5.74, 6) is 0.762. The number of likely N-dealkylation sites (tertiary alicyclic amines) is 2. The molecule has 7 nitrogen and oxygen atoms in total. The van der Waals surface area contributed by atoms with Crippen LogP contribution < -0.4 is 9.47 Å². The van der Waals surface area contributed by atoms with Crippen LogP contribution in [-0.2, 0) is 0 Å². The molecule has 0 amide bonds. The molecule has 0 unspecified atom stereocenters. The summed E-state index contributed by atoms with van der Waals surface area (Å²) < 4.78 is 10.7. The zero-order valence-electron chi connectivity index (χ0n) is 14.1. The molecule has 1 atom stereocenters. The van der Waals surface area contributed by atoms with Crippen molar-refractivity contribution in [1.29, 1.82) is 0 Å². The maximum Gasteiger partial charge on any atom is 0.314 e. The predicted molar refractivity (Wildman–Crippen MR) is 90.8 cm³/mol. The molecule has 132 valence electrons. The molecule has 1 aromatic carbocycles. The highest BCUT2D eigenvalue weighted by Gasteiger charge is 2.29. The van der Waals surface area contributed by atoms with Crippen molar-refractivity contribution in [2.24, 2.45) is 0 Å². The zero-order chi connectivity index (χ0) is 16.9. The van der Waals surface area contributed by atoms with Gasteiger partial charge in [-0.05, 0) is 51.0 Å². The molecule has 0 saturated carbocycles. The van der Waals surface area contributed by atoms with E-state index in [-0.39, 0.29) is 5.69 Å². The van der Waals surface area contributed by atoms with E-state index in [9.17, 15) is 10.1 Å². The van der Waals surface area contributed by atoms with Crippen molar-refractivity contribution in [2.45, 2.75) is 25.3 Å². The first-order valence-electron chi connectivity index (χ1n) is 8.59.